The lowest BCUT2D eigenvalue weighted by Crippen LogP contribution is -2.43. The van der Waals surface area contributed by atoms with E-state index in [9.17, 15) is 4.79 Å². The van der Waals surface area contributed by atoms with E-state index >= 15 is 0 Å². The molecule has 19 heavy (non-hydrogen) atoms. The van der Waals surface area contributed by atoms with E-state index in [1.807, 2.05) is 6.92 Å². The molecule has 0 saturated carbocycles. The molecule has 1 aliphatic heterocycles. The molecular weight excluding hydrogens is 240 g/mol. The number of rotatable bonds is 8. The van der Waals surface area contributed by atoms with Crippen molar-refractivity contribution in [1.82, 2.24) is 10.2 Å². The van der Waals surface area contributed by atoms with E-state index in [0.29, 0.717) is 18.4 Å². The Hall–Kier alpha value is -0.610. The predicted molar refractivity (Wildman–Crippen MR) is 78.4 cm³/mol. The zero-order chi connectivity index (χ0) is 14.3. The molecule has 112 valence electrons. The van der Waals surface area contributed by atoms with Crippen LogP contribution in [0.15, 0.2) is 0 Å². The fourth-order valence-electron chi connectivity index (χ4n) is 3.08. The molecule has 1 unspecified atom stereocenters. The summed E-state index contributed by atoms with van der Waals surface area (Å²) in [5.41, 5.74) is 0.546. The van der Waals surface area contributed by atoms with Crippen molar-refractivity contribution in [3.63, 3.8) is 0 Å². The van der Waals surface area contributed by atoms with Crippen molar-refractivity contribution in [3.8, 4) is 0 Å². The van der Waals surface area contributed by atoms with Gasteiger partial charge in [-0.05, 0) is 44.3 Å². The topological polar surface area (TPSA) is 52.6 Å². The van der Waals surface area contributed by atoms with Crippen LogP contribution in [0, 0.1) is 5.41 Å². The predicted octanol–water partition coefficient (Wildman–Crippen LogP) is 2.34. The fourth-order valence-corrected chi connectivity index (χ4v) is 3.08. The van der Waals surface area contributed by atoms with Crippen LogP contribution in [0.25, 0.3) is 0 Å². The molecule has 1 aliphatic rings. The molecule has 4 heteroatoms. The van der Waals surface area contributed by atoms with E-state index in [4.69, 9.17) is 5.11 Å². The molecule has 1 fully saturated rings. The van der Waals surface area contributed by atoms with E-state index in [1.54, 1.807) is 0 Å². The van der Waals surface area contributed by atoms with Gasteiger partial charge in [0, 0.05) is 6.54 Å². The van der Waals surface area contributed by atoms with E-state index in [0.717, 1.165) is 19.6 Å². The standard InChI is InChI=1S/C15H30N2O2/c1-4-15(5-2)8-11-17(12-9-15)10-7-13(14(18)19)16-6-3/h13,16H,4-12H2,1-3H3,(H,18,19). The third kappa shape index (κ3) is 4.77. The Balaban J connectivity index is 2.34. The second-order valence-electron chi connectivity index (χ2n) is 5.79. The molecule has 0 aromatic carbocycles. The first-order chi connectivity index (χ1) is 9.06. The van der Waals surface area contributed by atoms with Gasteiger partial charge < -0.3 is 15.3 Å². The average molecular weight is 270 g/mol. The van der Waals surface area contributed by atoms with Gasteiger partial charge in [0.1, 0.15) is 6.04 Å². The Labute approximate surface area is 117 Å². The van der Waals surface area contributed by atoms with Crippen LogP contribution in [0.2, 0.25) is 0 Å². The summed E-state index contributed by atoms with van der Waals surface area (Å²) in [4.78, 5) is 13.5. The van der Waals surface area contributed by atoms with Gasteiger partial charge in [-0.25, -0.2) is 0 Å². The Kier molecular flexibility index (Phi) is 6.80. The van der Waals surface area contributed by atoms with E-state index in [1.165, 1.54) is 25.7 Å². The van der Waals surface area contributed by atoms with Crippen molar-refractivity contribution in [2.45, 2.75) is 58.9 Å². The molecule has 0 spiro atoms. The maximum absolute atomic E-state index is 11.1. The molecule has 0 aliphatic carbocycles. The van der Waals surface area contributed by atoms with E-state index in [-0.39, 0.29) is 0 Å². The number of hydrogen-bond acceptors (Lipinski definition) is 3. The van der Waals surface area contributed by atoms with Crippen molar-refractivity contribution < 1.29 is 9.90 Å². The van der Waals surface area contributed by atoms with Crippen molar-refractivity contribution in [2.75, 3.05) is 26.2 Å². The summed E-state index contributed by atoms with van der Waals surface area (Å²) in [6.07, 6.45) is 5.77. The van der Waals surface area contributed by atoms with Crippen LogP contribution in [0.5, 0.6) is 0 Å². The van der Waals surface area contributed by atoms with Gasteiger partial charge in [-0.15, -0.1) is 0 Å². The molecular formula is C15H30N2O2. The number of piperidine rings is 1. The summed E-state index contributed by atoms with van der Waals surface area (Å²) >= 11 is 0. The first-order valence-corrected chi connectivity index (χ1v) is 7.75. The minimum absolute atomic E-state index is 0.394. The van der Waals surface area contributed by atoms with Gasteiger partial charge in [-0.1, -0.05) is 33.6 Å². The summed E-state index contributed by atoms with van der Waals surface area (Å²) in [6, 6.07) is -0.394. The number of likely N-dealkylation sites (tertiary alicyclic amines) is 1. The third-order valence-electron chi connectivity index (χ3n) is 4.90. The number of nitrogens with zero attached hydrogens (tertiary/aromatic N) is 1. The second kappa shape index (κ2) is 7.85. The first-order valence-electron chi connectivity index (χ1n) is 7.75. The third-order valence-corrected chi connectivity index (χ3v) is 4.90. The molecule has 1 atom stereocenters. The maximum Gasteiger partial charge on any atom is 0.320 e. The lowest BCUT2D eigenvalue weighted by molar-refractivity contribution is -0.139. The smallest absolute Gasteiger partial charge is 0.320 e. The minimum atomic E-state index is -0.727. The van der Waals surface area contributed by atoms with Crippen LogP contribution in [-0.2, 0) is 4.79 Å². The number of carbonyl (C=O) groups is 1. The molecule has 0 aromatic heterocycles. The van der Waals surface area contributed by atoms with Crippen LogP contribution in [-0.4, -0.2) is 48.2 Å². The number of aliphatic carboxylic acids is 1. The highest BCUT2D eigenvalue weighted by Gasteiger charge is 2.31. The Morgan fingerprint density at radius 2 is 1.84 bits per heavy atom. The van der Waals surface area contributed by atoms with Crippen LogP contribution in [0.3, 0.4) is 0 Å². The zero-order valence-electron chi connectivity index (χ0n) is 12.7. The lowest BCUT2D eigenvalue weighted by Gasteiger charge is -2.41. The van der Waals surface area contributed by atoms with Gasteiger partial charge in [0.2, 0.25) is 0 Å². The number of likely N-dealkylation sites (N-methyl/N-ethyl adjacent to an activating group) is 1. The molecule has 0 radical (unpaired) electrons. The highest BCUT2D eigenvalue weighted by molar-refractivity contribution is 5.73. The summed E-state index contributed by atoms with van der Waals surface area (Å²) in [5.74, 6) is -0.727. The maximum atomic E-state index is 11.1. The van der Waals surface area contributed by atoms with Gasteiger partial charge in [-0.3, -0.25) is 4.79 Å². The summed E-state index contributed by atoms with van der Waals surface area (Å²) < 4.78 is 0. The van der Waals surface area contributed by atoms with Crippen LogP contribution in [0.4, 0.5) is 0 Å². The summed E-state index contributed by atoms with van der Waals surface area (Å²) in [5, 5.41) is 12.1. The normalized spacial score (nSPS) is 21.2. The highest BCUT2D eigenvalue weighted by atomic mass is 16.4. The van der Waals surface area contributed by atoms with Gasteiger partial charge in [0.25, 0.3) is 0 Å². The lowest BCUT2D eigenvalue weighted by atomic mass is 9.74. The van der Waals surface area contributed by atoms with E-state index in [2.05, 4.69) is 24.1 Å². The Morgan fingerprint density at radius 1 is 1.26 bits per heavy atom. The first kappa shape index (κ1) is 16.4. The van der Waals surface area contributed by atoms with Crippen molar-refractivity contribution >= 4 is 5.97 Å². The van der Waals surface area contributed by atoms with E-state index < -0.39 is 12.0 Å². The number of hydrogen-bond donors (Lipinski definition) is 2. The molecule has 4 nitrogen and oxygen atoms in total. The van der Waals surface area contributed by atoms with Crippen LogP contribution >= 0.6 is 0 Å². The molecule has 2 N–H and O–H groups in total. The number of carboxylic acids is 1. The largest absolute Gasteiger partial charge is 0.480 e. The molecule has 0 bridgehead atoms. The van der Waals surface area contributed by atoms with Crippen molar-refractivity contribution in [2.24, 2.45) is 5.41 Å². The monoisotopic (exact) mass is 270 g/mol. The van der Waals surface area contributed by atoms with Gasteiger partial charge in [-0.2, -0.15) is 0 Å². The van der Waals surface area contributed by atoms with Crippen LogP contribution in [0.1, 0.15) is 52.9 Å². The molecule has 1 heterocycles. The molecule has 1 rings (SSSR count). The highest BCUT2D eigenvalue weighted by Crippen LogP contribution is 2.37. The van der Waals surface area contributed by atoms with Gasteiger partial charge >= 0.3 is 5.97 Å². The Bertz CT molecular complexity index is 267. The average Bonchev–Trinajstić information content (AvgIpc) is 2.44. The quantitative estimate of drug-likeness (QED) is 0.711. The van der Waals surface area contributed by atoms with Crippen molar-refractivity contribution in [1.29, 1.82) is 0 Å². The van der Waals surface area contributed by atoms with Crippen molar-refractivity contribution in [3.05, 3.63) is 0 Å². The summed E-state index contributed by atoms with van der Waals surface area (Å²) in [6.45, 7) is 10.4. The van der Waals surface area contributed by atoms with Gasteiger partial charge in [0.05, 0.1) is 0 Å². The molecule has 0 aromatic rings. The zero-order valence-corrected chi connectivity index (χ0v) is 12.7. The second-order valence-corrected chi connectivity index (χ2v) is 5.79. The van der Waals surface area contributed by atoms with Crippen LogP contribution < -0.4 is 5.32 Å². The summed E-state index contributed by atoms with van der Waals surface area (Å²) in [7, 11) is 0. The minimum Gasteiger partial charge on any atom is -0.480 e. The van der Waals surface area contributed by atoms with Gasteiger partial charge in [0.15, 0.2) is 0 Å². The molecule has 1 saturated heterocycles. The SMILES string of the molecule is CCNC(CCN1CCC(CC)(CC)CC1)C(=O)O. The fraction of sp³-hybridized carbons (Fsp3) is 0.933. The number of carboxylic acid groups (broad SMARTS) is 1. The number of nitrogens with one attached hydrogen (secondary N) is 1. The Morgan fingerprint density at radius 3 is 2.26 bits per heavy atom. The molecule has 0 amide bonds.